The summed E-state index contributed by atoms with van der Waals surface area (Å²) in [6.07, 6.45) is 0. The van der Waals surface area contributed by atoms with Gasteiger partial charge in [-0.05, 0) is 46.2 Å². The summed E-state index contributed by atoms with van der Waals surface area (Å²) in [4.78, 5) is 12.5. The van der Waals surface area contributed by atoms with E-state index in [1.165, 1.54) is 11.3 Å². The maximum atomic E-state index is 12.5. The van der Waals surface area contributed by atoms with E-state index in [2.05, 4.69) is 27.9 Å². The van der Waals surface area contributed by atoms with Crippen LogP contribution in [0, 0.1) is 2.88 Å². The molecule has 1 aromatic heterocycles. The van der Waals surface area contributed by atoms with Crippen molar-refractivity contribution in [3.63, 3.8) is 0 Å². The Morgan fingerprint density at radius 3 is 2.48 bits per heavy atom. The predicted molar refractivity (Wildman–Crippen MR) is 107 cm³/mol. The van der Waals surface area contributed by atoms with Gasteiger partial charge in [-0.15, -0.1) is 11.3 Å². The van der Waals surface area contributed by atoms with Crippen LogP contribution in [0.1, 0.15) is 10.4 Å². The van der Waals surface area contributed by atoms with Gasteiger partial charge >= 0.3 is 0 Å². The van der Waals surface area contributed by atoms with Crippen LogP contribution >= 0.6 is 57.1 Å². The third-order valence-electron chi connectivity index (χ3n) is 3.28. The number of halogens is 3. The van der Waals surface area contributed by atoms with Gasteiger partial charge in [0.15, 0.2) is 0 Å². The molecular formula is C17H10Cl2INOS. The van der Waals surface area contributed by atoms with Crippen LogP contribution in [0.25, 0.3) is 11.1 Å². The maximum absolute atomic E-state index is 12.5. The standard InChI is InChI=1S/C17H10Cl2INOS/c18-13-6-3-5-11(15(13)19)10-4-1-2-7-14(10)21-17(22)12-8-9-23-16(12)20/h1-9H,(H,21,22). The van der Waals surface area contributed by atoms with Crippen LogP contribution < -0.4 is 5.32 Å². The third-order valence-corrected chi connectivity index (χ3v) is 6.14. The molecule has 0 unspecified atom stereocenters. The van der Waals surface area contributed by atoms with E-state index in [0.717, 1.165) is 14.0 Å². The maximum Gasteiger partial charge on any atom is 0.257 e. The number of amides is 1. The van der Waals surface area contributed by atoms with E-state index >= 15 is 0 Å². The molecule has 1 N–H and O–H groups in total. The van der Waals surface area contributed by atoms with E-state index in [1.54, 1.807) is 6.07 Å². The molecule has 0 aliphatic carbocycles. The number of thiophene rings is 1. The topological polar surface area (TPSA) is 29.1 Å². The molecule has 3 aromatic rings. The van der Waals surface area contributed by atoms with Gasteiger partial charge in [0.25, 0.3) is 5.91 Å². The summed E-state index contributed by atoms with van der Waals surface area (Å²) in [5.41, 5.74) is 2.99. The van der Waals surface area contributed by atoms with E-state index in [0.29, 0.717) is 21.3 Å². The number of benzene rings is 2. The number of nitrogens with one attached hydrogen (secondary N) is 1. The van der Waals surface area contributed by atoms with Crippen molar-refractivity contribution in [2.75, 3.05) is 5.32 Å². The molecule has 0 aliphatic rings. The van der Waals surface area contributed by atoms with Gasteiger partial charge in [0.05, 0.1) is 18.5 Å². The number of anilines is 1. The molecule has 0 saturated carbocycles. The number of hydrogen-bond acceptors (Lipinski definition) is 2. The third kappa shape index (κ3) is 3.55. The molecule has 116 valence electrons. The van der Waals surface area contributed by atoms with Crippen molar-refractivity contribution in [2.45, 2.75) is 0 Å². The quantitative estimate of drug-likeness (QED) is 0.427. The van der Waals surface area contributed by atoms with Crippen LogP contribution in [0.4, 0.5) is 5.69 Å². The average molecular weight is 474 g/mol. The van der Waals surface area contributed by atoms with Gasteiger partial charge in [-0.25, -0.2) is 0 Å². The lowest BCUT2D eigenvalue weighted by Gasteiger charge is -2.13. The molecule has 0 radical (unpaired) electrons. The van der Waals surface area contributed by atoms with Crippen molar-refractivity contribution in [3.8, 4) is 11.1 Å². The summed E-state index contributed by atoms with van der Waals surface area (Å²) in [5, 5.41) is 5.82. The Morgan fingerprint density at radius 2 is 1.74 bits per heavy atom. The van der Waals surface area contributed by atoms with Crippen LogP contribution in [-0.2, 0) is 0 Å². The first-order chi connectivity index (χ1) is 11.1. The van der Waals surface area contributed by atoms with Crippen LogP contribution in [0.15, 0.2) is 53.9 Å². The second-order valence-electron chi connectivity index (χ2n) is 4.71. The van der Waals surface area contributed by atoms with Crippen molar-refractivity contribution in [1.29, 1.82) is 0 Å². The smallest absolute Gasteiger partial charge is 0.257 e. The fourth-order valence-electron chi connectivity index (χ4n) is 2.18. The molecule has 6 heteroatoms. The molecule has 1 heterocycles. The van der Waals surface area contributed by atoms with Gasteiger partial charge in [-0.2, -0.15) is 0 Å². The highest BCUT2D eigenvalue weighted by atomic mass is 127. The first-order valence-electron chi connectivity index (χ1n) is 6.65. The Bertz CT molecular complexity index is 879. The minimum Gasteiger partial charge on any atom is -0.321 e. The monoisotopic (exact) mass is 473 g/mol. The van der Waals surface area contributed by atoms with Crippen molar-refractivity contribution >= 4 is 68.7 Å². The van der Waals surface area contributed by atoms with Crippen LogP contribution in [0.3, 0.4) is 0 Å². The molecule has 0 spiro atoms. The zero-order valence-electron chi connectivity index (χ0n) is 11.6. The lowest BCUT2D eigenvalue weighted by atomic mass is 10.0. The molecule has 0 fully saturated rings. The number of carbonyl (C=O) groups excluding carboxylic acids is 1. The van der Waals surface area contributed by atoms with Gasteiger partial charge in [-0.3, -0.25) is 4.79 Å². The second-order valence-corrected chi connectivity index (χ2v) is 8.22. The van der Waals surface area contributed by atoms with E-state index in [4.69, 9.17) is 23.2 Å². The summed E-state index contributed by atoms with van der Waals surface area (Å²) >= 11 is 16.1. The Kier molecular flexibility index (Phi) is 5.26. The molecule has 3 rings (SSSR count). The molecule has 1 amide bonds. The summed E-state index contributed by atoms with van der Waals surface area (Å²) < 4.78 is 0.957. The Balaban J connectivity index is 2.00. The SMILES string of the molecule is O=C(Nc1ccccc1-c1cccc(Cl)c1Cl)c1ccsc1I. The van der Waals surface area contributed by atoms with Crippen molar-refractivity contribution in [1.82, 2.24) is 0 Å². The van der Waals surface area contributed by atoms with E-state index < -0.39 is 0 Å². The summed E-state index contributed by atoms with van der Waals surface area (Å²) in [6.45, 7) is 0. The van der Waals surface area contributed by atoms with E-state index in [9.17, 15) is 4.79 Å². The minimum absolute atomic E-state index is 0.138. The molecule has 23 heavy (non-hydrogen) atoms. The Morgan fingerprint density at radius 1 is 1.00 bits per heavy atom. The summed E-state index contributed by atoms with van der Waals surface area (Å²) in [7, 11) is 0. The van der Waals surface area contributed by atoms with Crippen molar-refractivity contribution in [2.24, 2.45) is 0 Å². The number of rotatable bonds is 3. The van der Waals surface area contributed by atoms with E-state index in [1.807, 2.05) is 47.8 Å². The molecular weight excluding hydrogens is 464 g/mol. The molecule has 0 bridgehead atoms. The van der Waals surface area contributed by atoms with Crippen molar-refractivity contribution < 1.29 is 4.79 Å². The van der Waals surface area contributed by atoms with Crippen LogP contribution in [0.5, 0.6) is 0 Å². The number of carbonyl (C=O) groups is 1. The Labute approximate surface area is 161 Å². The van der Waals surface area contributed by atoms with Crippen LogP contribution in [-0.4, -0.2) is 5.91 Å². The minimum atomic E-state index is -0.138. The number of para-hydroxylation sites is 1. The molecule has 0 aliphatic heterocycles. The molecule has 0 saturated heterocycles. The molecule has 2 nitrogen and oxygen atoms in total. The van der Waals surface area contributed by atoms with Crippen LogP contribution in [0.2, 0.25) is 10.0 Å². The fourth-order valence-corrected chi connectivity index (χ4v) is 4.06. The lowest BCUT2D eigenvalue weighted by Crippen LogP contribution is -2.12. The van der Waals surface area contributed by atoms with Gasteiger partial charge in [0.1, 0.15) is 0 Å². The molecule has 0 atom stereocenters. The van der Waals surface area contributed by atoms with E-state index in [-0.39, 0.29) is 5.91 Å². The first kappa shape index (κ1) is 16.8. The lowest BCUT2D eigenvalue weighted by molar-refractivity contribution is 0.102. The summed E-state index contributed by atoms with van der Waals surface area (Å²) in [6, 6.07) is 14.8. The highest BCUT2D eigenvalue weighted by molar-refractivity contribution is 14.1. The van der Waals surface area contributed by atoms with Gasteiger partial charge in [0, 0.05) is 16.8 Å². The highest BCUT2D eigenvalue weighted by Gasteiger charge is 2.15. The largest absolute Gasteiger partial charge is 0.321 e. The summed E-state index contributed by atoms with van der Waals surface area (Å²) in [5.74, 6) is -0.138. The van der Waals surface area contributed by atoms with Gasteiger partial charge < -0.3 is 5.32 Å². The average Bonchev–Trinajstić information content (AvgIpc) is 2.97. The zero-order valence-corrected chi connectivity index (χ0v) is 16.1. The van der Waals surface area contributed by atoms with Crippen molar-refractivity contribution in [3.05, 3.63) is 72.4 Å². The zero-order chi connectivity index (χ0) is 16.4. The number of hydrogen-bond donors (Lipinski definition) is 1. The Hall–Kier alpha value is -1.08. The fraction of sp³-hybridized carbons (Fsp3) is 0. The van der Waals surface area contributed by atoms with Gasteiger partial charge in [-0.1, -0.05) is 53.5 Å². The predicted octanol–water partition coefficient (Wildman–Crippen LogP) is 6.58. The first-order valence-corrected chi connectivity index (χ1v) is 9.37. The highest BCUT2D eigenvalue weighted by Crippen LogP contribution is 2.37. The normalized spacial score (nSPS) is 10.6. The van der Waals surface area contributed by atoms with Gasteiger partial charge in [0.2, 0.25) is 0 Å². The second kappa shape index (κ2) is 7.21. The molecule has 2 aromatic carbocycles.